The number of halogens is 1. The third kappa shape index (κ3) is 2.20. The molecule has 0 saturated heterocycles. The molecule has 0 radical (unpaired) electrons. The molecule has 0 fully saturated rings. The Balaban J connectivity index is 2.32. The zero-order chi connectivity index (χ0) is 14.3. The number of hydrogen-bond donors (Lipinski definition) is 1. The van der Waals surface area contributed by atoms with Gasteiger partial charge in [-0.15, -0.1) is 0 Å². The molecule has 0 unspecified atom stereocenters. The molecule has 1 N–H and O–H groups in total. The lowest BCUT2D eigenvalue weighted by atomic mass is 9.95. The molecule has 0 atom stereocenters. The first-order valence-corrected chi connectivity index (χ1v) is 7.42. The monoisotopic (exact) mass is 289 g/mol. The van der Waals surface area contributed by atoms with Gasteiger partial charge in [0.05, 0.1) is 5.52 Å². The molecule has 1 aromatic heterocycles. The Labute approximate surface area is 124 Å². The second-order valence-electron chi connectivity index (χ2n) is 5.60. The third-order valence-corrected chi connectivity index (χ3v) is 4.57. The highest BCUT2D eigenvalue weighted by Gasteiger charge is 2.21. The summed E-state index contributed by atoms with van der Waals surface area (Å²) in [5, 5.41) is 5.33. The van der Waals surface area contributed by atoms with Crippen LogP contribution < -0.4 is 5.32 Å². The average molecular weight is 290 g/mol. The SMILES string of the molecule is CNCc1c2c(nc3c(C)c(Cl)ccc13)CCN(C)C2. The standard InChI is InChI=1S/C16H20ClN3/c1-10-14(17)5-4-11-12(8-18-2)13-9-20(3)7-6-15(13)19-16(10)11/h4-5,18H,6-9H2,1-3H3. The number of pyridine rings is 1. The maximum atomic E-state index is 6.26. The molecule has 0 bridgehead atoms. The van der Waals surface area contributed by atoms with Crippen molar-refractivity contribution in [1.82, 2.24) is 15.2 Å². The highest BCUT2D eigenvalue weighted by Crippen LogP contribution is 2.31. The number of nitrogens with one attached hydrogen (secondary N) is 1. The predicted molar refractivity (Wildman–Crippen MR) is 84.3 cm³/mol. The first-order valence-electron chi connectivity index (χ1n) is 7.04. The first-order chi connectivity index (χ1) is 9.61. The molecule has 2 heterocycles. The Hall–Kier alpha value is -1.16. The molecular formula is C16H20ClN3. The van der Waals surface area contributed by atoms with E-state index in [1.165, 1.54) is 22.2 Å². The first kappa shape index (κ1) is 13.8. The Bertz CT molecular complexity index is 667. The van der Waals surface area contributed by atoms with Gasteiger partial charge in [-0.05, 0) is 43.8 Å². The quantitative estimate of drug-likeness (QED) is 0.921. The van der Waals surface area contributed by atoms with Crippen LogP contribution in [0.25, 0.3) is 10.9 Å². The van der Waals surface area contributed by atoms with E-state index in [2.05, 4.69) is 30.3 Å². The Morgan fingerprint density at radius 2 is 2.20 bits per heavy atom. The van der Waals surface area contributed by atoms with Crippen molar-refractivity contribution in [3.8, 4) is 0 Å². The van der Waals surface area contributed by atoms with Gasteiger partial charge in [0, 0.05) is 42.2 Å². The number of rotatable bonds is 2. The number of benzene rings is 1. The molecule has 0 spiro atoms. The van der Waals surface area contributed by atoms with E-state index >= 15 is 0 Å². The zero-order valence-corrected chi connectivity index (χ0v) is 13.0. The van der Waals surface area contributed by atoms with Gasteiger partial charge >= 0.3 is 0 Å². The molecule has 106 valence electrons. The second kappa shape index (κ2) is 5.32. The number of aryl methyl sites for hydroxylation is 1. The van der Waals surface area contributed by atoms with Crippen molar-refractivity contribution >= 4 is 22.5 Å². The summed E-state index contributed by atoms with van der Waals surface area (Å²) in [7, 11) is 4.16. The third-order valence-electron chi connectivity index (χ3n) is 4.16. The number of aromatic nitrogens is 1. The number of hydrogen-bond acceptors (Lipinski definition) is 3. The van der Waals surface area contributed by atoms with Crippen molar-refractivity contribution in [2.45, 2.75) is 26.4 Å². The second-order valence-corrected chi connectivity index (χ2v) is 6.01. The molecule has 1 aliphatic rings. The van der Waals surface area contributed by atoms with Crippen LogP contribution in [0, 0.1) is 6.92 Å². The van der Waals surface area contributed by atoms with Gasteiger partial charge in [0.25, 0.3) is 0 Å². The van der Waals surface area contributed by atoms with Gasteiger partial charge in [-0.3, -0.25) is 4.98 Å². The lowest BCUT2D eigenvalue weighted by Crippen LogP contribution is -2.29. The van der Waals surface area contributed by atoms with Crippen LogP contribution >= 0.6 is 11.6 Å². The van der Waals surface area contributed by atoms with E-state index in [1.54, 1.807) is 0 Å². The summed E-state index contributed by atoms with van der Waals surface area (Å²) < 4.78 is 0. The van der Waals surface area contributed by atoms with Crippen LogP contribution in [0.2, 0.25) is 5.02 Å². The van der Waals surface area contributed by atoms with E-state index in [1.807, 2.05) is 13.1 Å². The Morgan fingerprint density at radius 1 is 1.40 bits per heavy atom. The van der Waals surface area contributed by atoms with Crippen molar-refractivity contribution in [3.63, 3.8) is 0 Å². The summed E-state index contributed by atoms with van der Waals surface area (Å²) in [6.07, 6.45) is 1.02. The topological polar surface area (TPSA) is 28.2 Å². The predicted octanol–water partition coefficient (Wildman–Crippen LogP) is 2.90. The van der Waals surface area contributed by atoms with Crippen molar-refractivity contribution in [1.29, 1.82) is 0 Å². The van der Waals surface area contributed by atoms with Gasteiger partial charge < -0.3 is 10.2 Å². The molecule has 1 aromatic carbocycles. The van der Waals surface area contributed by atoms with Crippen LogP contribution in [-0.4, -0.2) is 30.5 Å². The maximum Gasteiger partial charge on any atom is 0.0752 e. The molecule has 0 aliphatic carbocycles. The van der Waals surface area contributed by atoms with Crippen LogP contribution in [0.3, 0.4) is 0 Å². The summed E-state index contributed by atoms with van der Waals surface area (Å²) >= 11 is 6.26. The fourth-order valence-electron chi connectivity index (χ4n) is 3.02. The van der Waals surface area contributed by atoms with Crippen molar-refractivity contribution in [2.75, 3.05) is 20.6 Å². The van der Waals surface area contributed by atoms with Gasteiger partial charge in [-0.25, -0.2) is 0 Å². The van der Waals surface area contributed by atoms with E-state index in [0.29, 0.717) is 0 Å². The summed E-state index contributed by atoms with van der Waals surface area (Å²) in [6.45, 7) is 4.99. The molecule has 0 amide bonds. The largest absolute Gasteiger partial charge is 0.316 e. The van der Waals surface area contributed by atoms with E-state index in [4.69, 9.17) is 16.6 Å². The van der Waals surface area contributed by atoms with Crippen LogP contribution in [0.1, 0.15) is 22.4 Å². The summed E-state index contributed by atoms with van der Waals surface area (Å²) in [5.74, 6) is 0. The van der Waals surface area contributed by atoms with E-state index in [-0.39, 0.29) is 0 Å². The minimum absolute atomic E-state index is 0.799. The average Bonchev–Trinajstić information content (AvgIpc) is 2.44. The minimum Gasteiger partial charge on any atom is -0.316 e. The molecule has 3 rings (SSSR count). The molecular weight excluding hydrogens is 270 g/mol. The summed E-state index contributed by atoms with van der Waals surface area (Å²) in [5.41, 5.74) is 6.15. The lowest BCUT2D eigenvalue weighted by Gasteiger charge is -2.27. The summed E-state index contributed by atoms with van der Waals surface area (Å²) in [4.78, 5) is 7.27. The van der Waals surface area contributed by atoms with Gasteiger partial charge in [-0.1, -0.05) is 17.7 Å². The molecule has 3 nitrogen and oxygen atoms in total. The van der Waals surface area contributed by atoms with Gasteiger partial charge in [0.1, 0.15) is 0 Å². The normalized spacial score (nSPS) is 15.6. The van der Waals surface area contributed by atoms with Gasteiger partial charge in [-0.2, -0.15) is 0 Å². The van der Waals surface area contributed by atoms with Crippen molar-refractivity contribution < 1.29 is 0 Å². The Kier molecular flexibility index (Phi) is 3.67. The van der Waals surface area contributed by atoms with E-state index < -0.39 is 0 Å². The van der Waals surface area contributed by atoms with Crippen LogP contribution in [0.4, 0.5) is 0 Å². The summed E-state index contributed by atoms with van der Waals surface area (Å²) in [6, 6.07) is 4.10. The number of nitrogens with zero attached hydrogens (tertiary/aromatic N) is 2. The lowest BCUT2D eigenvalue weighted by molar-refractivity contribution is 0.309. The van der Waals surface area contributed by atoms with E-state index in [0.717, 1.165) is 42.2 Å². The Morgan fingerprint density at radius 3 is 2.95 bits per heavy atom. The molecule has 2 aromatic rings. The maximum absolute atomic E-state index is 6.26. The van der Waals surface area contributed by atoms with Crippen LogP contribution in [0.5, 0.6) is 0 Å². The number of fused-ring (bicyclic) bond motifs is 2. The fourth-order valence-corrected chi connectivity index (χ4v) is 3.17. The fraction of sp³-hybridized carbons (Fsp3) is 0.438. The van der Waals surface area contributed by atoms with Crippen molar-refractivity contribution in [3.05, 3.63) is 39.5 Å². The molecule has 1 aliphatic heterocycles. The van der Waals surface area contributed by atoms with E-state index in [9.17, 15) is 0 Å². The number of likely N-dealkylation sites (N-methyl/N-ethyl adjacent to an activating group) is 1. The molecule has 4 heteroatoms. The van der Waals surface area contributed by atoms with Crippen molar-refractivity contribution in [2.24, 2.45) is 0 Å². The molecule has 0 saturated carbocycles. The van der Waals surface area contributed by atoms with Gasteiger partial charge in [0.2, 0.25) is 0 Å². The highest BCUT2D eigenvalue weighted by molar-refractivity contribution is 6.32. The van der Waals surface area contributed by atoms with Crippen LogP contribution in [-0.2, 0) is 19.5 Å². The highest BCUT2D eigenvalue weighted by atomic mass is 35.5. The zero-order valence-electron chi connectivity index (χ0n) is 12.3. The van der Waals surface area contributed by atoms with Gasteiger partial charge in [0.15, 0.2) is 0 Å². The smallest absolute Gasteiger partial charge is 0.0752 e. The minimum atomic E-state index is 0.799. The van der Waals surface area contributed by atoms with Crippen LogP contribution in [0.15, 0.2) is 12.1 Å². The molecule has 20 heavy (non-hydrogen) atoms.